The van der Waals surface area contributed by atoms with Gasteiger partial charge in [-0.2, -0.15) is 0 Å². The minimum absolute atomic E-state index is 0.321. The van der Waals surface area contributed by atoms with E-state index in [1.165, 1.54) is 13.2 Å². The van der Waals surface area contributed by atoms with Gasteiger partial charge >= 0.3 is 5.97 Å². The zero-order chi connectivity index (χ0) is 27.3. The van der Waals surface area contributed by atoms with Crippen LogP contribution in [0.3, 0.4) is 0 Å². The number of halogens is 1. The second-order valence-electron chi connectivity index (χ2n) is 8.31. The first-order valence-electron chi connectivity index (χ1n) is 12.4. The number of benzene rings is 3. The van der Waals surface area contributed by atoms with E-state index >= 15 is 4.39 Å². The third kappa shape index (κ3) is 7.77. The number of esters is 1. The number of carbonyl (C=O) groups excluding carboxylic acids is 1. The molecule has 5 nitrogen and oxygen atoms in total. The molecule has 3 rings (SSSR count). The van der Waals surface area contributed by atoms with Crippen LogP contribution in [0, 0.1) is 5.82 Å². The van der Waals surface area contributed by atoms with Gasteiger partial charge in [0.2, 0.25) is 0 Å². The van der Waals surface area contributed by atoms with Gasteiger partial charge in [-0.05, 0) is 79.1 Å². The van der Waals surface area contributed by atoms with Crippen LogP contribution in [-0.2, 0) is 11.3 Å². The van der Waals surface area contributed by atoms with Crippen molar-refractivity contribution in [1.29, 1.82) is 0 Å². The Bertz CT molecular complexity index is 1340. The van der Waals surface area contributed by atoms with Crippen LogP contribution in [0.5, 0.6) is 5.75 Å². The lowest BCUT2D eigenvalue weighted by Crippen LogP contribution is -2.23. The Morgan fingerprint density at radius 1 is 1.03 bits per heavy atom. The van der Waals surface area contributed by atoms with Crippen LogP contribution in [0.4, 0.5) is 4.39 Å². The Kier molecular flexibility index (Phi) is 10.6. The molecule has 0 heterocycles. The number of nitrogens with zero attached hydrogens (tertiary/aromatic N) is 2. The molecular formula is C32H33FN2O3. The highest BCUT2D eigenvalue weighted by Gasteiger charge is 2.08. The lowest BCUT2D eigenvalue weighted by molar-refractivity contribution is 0.0600. The molecule has 0 unspecified atom stereocenters. The van der Waals surface area contributed by atoms with E-state index in [9.17, 15) is 4.79 Å². The quantitative estimate of drug-likeness (QED) is 0.124. The van der Waals surface area contributed by atoms with Gasteiger partial charge in [-0.25, -0.2) is 9.18 Å². The Hall–Kier alpha value is -4.45. The molecule has 3 aromatic carbocycles. The summed E-state index contributed by atoms with van der Waals surface area (Å²) in [5.74, 6) is 0.705. The van der Waals surface area contributed by atoms with Crippen LogP contribution < -0.4 is 4.74 Å². The third-order valence-electron chi connectivity index (χ3n) is 5.79. The average molecular weight is 513 g/mol. The molecule has 0 bridgehead atoms. The van der Waals surface area contributed by atoms with Gasteiger partial charge in [0.25, 0.3) is 0 Å². The number of methoxy groups -OCH3 is 1. The highest BCUT2D eigenvalue weighted by molar-refractivity contribution is 5.97. The molecule has 0 amide bonds. The summed E-state index contributed by atoms with van der Waals surface area (Å²) in [5.41, 5.74) is 3.48. The van der Waals surface area contributed by atoms with Crippen LogP contribution in [0.2, 0.25) is 0 Å². The van der Waals surface area contributed by atoms with E-state index in [-0.39, 0.29) is 11.8 Å². The molecule has 6 heteroatoms. The van der Waals surface area contributed by atoms with Crippen molar-refractivity contribution in [3.05, 3.63) is 120 Å². The number of amidine groups is 1. The lowest BCUT2D eigenvalue weighted by Gasteiger charge is -2.17. The van der Waals surface area contributed by atoms with Crippen molar-refractivity contribution < 1.29 is 18.7 Å². The molecule has 0 spiro atoms. The van der Waals surface area contributed by atoms with Gasteiger partial charge in [0.15, 0.2) is 0 Å². The standard InChI is InChI=1S/C32H33FN2O3/c1-5-7-8-20-35(6-2)31(34-3)19-18-25-16-17-28(22-30(25)33)27-10-9-11-29(21-27)38-23-24-12-14-26(15-13-24)32(36)37-4/h5,7-22H,6,23H2,1-4H3/b7-5+,19-18+,20-8+,34-31?. The molecule has 0 aromatic heterocycles. The largest absolute Gasteiger partial charge is 0.489 e. The number of likely N-dealkylation sites (N-methyl/N-ethyl adjacent to an activating group) is 1. The van der Waals surface area contributed by atoms with Crippen LogP contribution in [0.15, 0.2) is 102 Å². The van der Waals surface area contributed by atoms with Gasteiger partial charge in [0, 0.05) is 25.4 Å². The molecule has 0 fully saturated rings. The SMILES string of the molecule is C/C=C/C=C/N(CC)C(/C=C/c1ccc(-c2cccc(OCc3ccc(C(=O)OC)cc3)c2)cc1F)=NC. The number of rotatable bonds is 10. The first-order valence-corrected chi connectivity index (χ1v) is 12.4. The predicted molar refractivity (Wildman–Crippen MR) is 153 cm³/mol. The van der Waals surface area contributed by atoms with Crippen LogP contribution in [0.25, 0.3) is 17.2 Å². The van der Waals surface area contributed by atoms with Crippen molar-refractivity contribution in [3.8, 4) is 16.9 Å². The number of ether oxygens (including phenoxy) is 2. The van der Waals surface area contributed by atoms with E-state index in [1.807, 2.05) is 91.7 Å². The topological polar surface area (TPSA) is 51.1 Å². The summed E-state index contributed by atoms with van der Waals surface area (Å²) in [6, 6.07) is 19.8. The summed E-state index contributed by atoms with van der Waals surface area (Å²) >= 11 is 0. The van der Waals surface area contributed by atoms with E-state index in [1.54, 1.807) is 31.3 Å². The Labute approximate surface area is 224 Å². The van der Waals surface area contributed by atoms with Crippen molar-refractivity contribution in [2.75, 3.05) is 20.7 Å². The van der Waals surface area contributed by atoms with Crippen molar-refractivity contribution in [3.63, 3.8) is 0 Å². The summed E-state index contributed by atoms with van der Waals surface area (Å²) in [6.07, 6.45) is 11.3. The molecule has 0 aliphatic rings. The van der Waals surface area contributed by atoms with Gasteiger partial charge in [0.05, 0.1) is 12.7 Å². The van der Waals surface area contributed by atoms with Gasteiger partial charge in [-0.15, -0.1) is 0 Å². The van der Waals surface area contributed by atoms with Crippen LogP contribution in [0.1, 0.15) is 35.3 Å². The van der Waals surface area contributed by atoms with Gasteiger partial charge in [0.1, 0.15) is 24.0 Å². The predicted octanol–water partition coefficient (Wildman–Crippen LogP) is 7.31. The Morgan fingerprint density at radius 2 is 1.79 bits per heavy atom. The molecule has 0 atom stereocenters. The first kappa shape index (κ1) is 28.1. The summed E-state index contributed by atoms with van der Waals surface area (Å²) < 4.78 is 25.7. The molecule has 3 aromatic rings. The fourth-order valence-electron chi connectivity index (χ4n) is 3.70. The first-order chi connectivity index (χ1) is 18.5. The minimum atomic E-state index is -0.377. The number of carbonyl (C=O) groups is 1. The molecule has 0 aliphatic carbocycles. The fraction of sp³-hybridized carbons (Fsp3) is 0.188. The van der Waals surface area contributed by atoms with Crippen molar-refractivity contribution in [2.45, 2.75) is 20.5 Å². The average Bonchev–Trinajstić information content (AvgIpc) is 2.96. The molecule has 196 valence electrons. The van der Waals surface area contributed by atoms with E-state index in [2.05, 4.69) is 4.99 Å². The zero-order valence-corrected chi connectivity index (χ0v) is 22.2. The normalized spacial score (nSPS) is 12.0. The maximum atomic E-state index is 15.0. The van der Waals surface area contributed by atoms with E-state index in [0.717, 1.165) is 29.1 Å². The molecule has 0 N–H and O–H groups in total. The summed E-state index contributed by atoms with van der Waals surface area (Å²) in [6.45, 7) is 5.07. The molecule has 0 aliphatic heterocycles. The van der Waals surface area contributed by atoms with Crippen molar-refractivity contribution in [2.24, 2.45) is 4.99 Å². The van der Waals surface area contributed by atoms with E-state index < -0.39 is 0 Å². The monoisotopic (exact) mass is 512 g/mol. The van der Waals surface area contributed by atoms with Crippen molar-refractivity contribution in [1.82, 2.24) is 4.90 Å². The lowest BCUT2D eigenvalue weighted by atomic mass is 10.0. The number of aliphatic imine (C=N–C) groups is 1. The second-order valence-corrected chi connectivity index (χ2v) is 8.31. The molecule has 0 saturated heterocycles. The zero-order valence-electron chi connectivity index (χ0n) is 22.2. The van der Waals surface area contributed by atoms with E-state index in [4.69, 9.17) is 9.47 Å². The third-order valence-corrected chi connectivity index (χ3v) is 5.79. The summed E-state index contributed by atoms with van der Waals surface area (Å²) in [5, 5.41) is 0. The maximum Gasteiger partial charge on any atom is 0.337 e. The van der Waals surface area contributed by atoms with Gasteiger partial charge in [-0.3, -0.25) is 4.99 Å². The molecule has 38 heavy (non-hydrogen) atoms. The van der Waals surface area contributed by atoms with Crippen LogP contribution >= 0.6 is 0 Å². The maximum absolute atomic E-state index is 15.0. The van der Waals surface area contributed by atoms with Crippen molar-refractivity contribution >= 4 is 17.9 Å². The van der Waals surface area contributed by atoms with Crippen LogP contribution in [-0.4, -0.2) is 37.4 Å². The molecular weight excluding hydrogens is 479 g/mol. The molecule has 0 radical (unpaired) electrons. The highest BCUT2D eigenvalue weighted by atomic mass is 19.1. The number of allylic oxidation sites excluding steroid dienone is 3. The Balaban J connectivity index is 1.70. The smallest absolute Gasteiger partial charge is 0.337 e. The highest BCUT2D eigenvalue weighted by Crippen LogP contribution is 2.26. The minimum Gasteiger partial charge on any atom is -0.489 e. The number of hydrogen-bond acceptors (Lipinski definition) is 4. The van der Waals surface area contributed by atoms with E-state index in [0.29, 0.717) is 23.5 Å². The summed E-state index contributed by atoms with van der Waals surface area (Å²) in [4.78, 5) is 17.9. The summed E-state index contributed by atoms with van der Waals surface area (Å²) in [7, 11) is 3.07. The number of hydrogen-bond donors (Lipinski definition) is 0. The fourth-order valence-corrected chi connectivity index (χ4v) is 3.70. The van der Waals surface area contributed by atoms with Gasteiger partial charge < -0.3 is 14.4 Å². The van der Waals surface area contributed by atoms with Gasteiger partial charge in [-0.1, -0.05) is 48.6 Å². The molecule has 0 saturated carbocycles. The second kappa shape index (κ2) is 14.3. The Morgan fingerprint density at radius 3 is 2.45 bits per heavy atom.